The zero-order valence-corrected chi connectivity index (χ0v) is 10.9. The van der Waals surface area contributed by atoms with Gasteiger partial charge in [-0.3, -0.25) is 0 Å². The van der Waals surface area contributed by atoms with Crippen LogP contribution in [0.1, 0.15) is 47.9 Å². The van der Waals surface area contributed by atoms with Gasteiger partial charge in [0.15, 0.2) is 0 Å². The van der Waals surface area contributed by atoms with Gasteiger partial charge in [0.25, 0.3) is 0 Å². The molecule has 4 heteroatoms. The van der Waals surface area contributed by atoms with Gasteiger partial charge in [-0.15, -0.1) is 11.3 Å². The molecule has 2 aliphatic carbocycles. The first-order valence-corrected chi connectivity index (χ1v) is 7.48. The summed E-state index contributed by atoms with van der Waals surface area (Å²) in [5.41, 5.74) is 0. The Morgan fingerprint density at radius 1 is 1.35 bits per heavy atom. The Kier molecular flexibility index (Phi) is 3.45. The van der Waals surface area contributed by atoms with Gasteiger partial charge < -0.3 is 10.4 Å². The minimum Gasteiger partial charge on any atom is -0.393 e. The van der Waals surface area contributed by atoms with E-state index in [1.54, 1.807) is 0 Å². The molecular weight excluding hydrogens is 232 g/mol. The summed E-state index contributed by atoms with van der Waals surface area (Å²) in [6.45, 7) is 1.85. The van der Waals surface area contributed by atoms with Crippen LogP contribution in [0.15, 0.2) is 6.20 Å². The molecule has 1 heterocycles. The summed E-state index contributed by atoms with van der Waals surface area (Å²) in [4.78, 5) is 5.81. The molecule has 2 saturated carbocycles. The van der Waals surface area contributed by atoms with Crippen LogP contribution in [0.25, 0.3) is 0 Å². The lowest BCUT2D eigenvalue weighted by atomic mass is 10.1. The van der Waals surface area contributed by atoms with Crippen molar-refractivity contribution < 1.29 is 5.11 Å². The van der Waals surface area contributed by atoms with Gasteiger partial charge in [0, 0.05) is 30.1 Å². The van der Waals surface area contributed by atoms with E-state index in [0.717, 1.165) is 25.4 Å². The summed E-state index contributed by atoms with van der Waals surface area (Å²) in [5, 5.41) is 14.5. The van der Waals surface area contributed by atoms with Gasteiger partial charge in [0.1, 0.15) is 0 Å². The topological polar surface area (TPSA) is 45.1 Å². The second kappa shape index (κ2) is 5.04. The fourth-order valence-electron chi connectivity index (χ4n) is 2.56. The summed E-state index contributed by atoms with van der Waals surface area (Å²) in [5.74, 6) is 1.23. The molecule has 2 aliphatic rings. The summed E-state index contributed by atoms with van der Waals surface area (Å²) in [7, 11) is 0. The van der Waals surface area contributed by atoms with Crippen LogP contribution in [0.4, 0.5) is 0 Å². The molecule has 2 unspecified atom stereocenters. The molecule has 94 valence electrons. The normalized spacial score (nSPS) is 28.8. The van der Waals surface area contributed by atoms with E-state index in [0.29, 0.717) is 5.92 Å². The number of thiazole rings is 1. The van der Waals surface area contributed by atoms with E-state index in [2.05, 4.69) is 10.3 Å². The van der Waals surface area contributed by atoms with Gasteiger partial charge in [-0.1, -0.05) is 6.42 Å². The molecule has 0 spiro atoms. The van der Waals surface area contributed by atoms with Crippen molar-refractivity contribution >= 4 is 11.3 Å². The predicted octanol–water partition coefficient (Wildman–Crippen LogP) is 2.27. The molecule has 2 fully saturated rings. The maximum atomic E-state index is 9.72. The standard InChI is InChI=1S/C13H20N2OS/c16-12-3-1-2-10(12)6-14-7-11-8-15-13(17-11)9-4-5-9/h8-10,12,14,16H,1-7H2. The highest BCUT2D eigenvalue weighted by Gasteiger charge is 2.27. The van der Waals surface area contributed by atoms with Crippen LogP contribution in [0.2, 0.25) is 0 Å². The van der Waals surface area contributed by atoms with Crippen molar-refractivity contribution in [3.05, 3.63) is 16.1 Å². The minimum absolute atomic E-state index is 0.0778. The number of hydrogen-bond acceptors (Lipinski definition) is 4. The van der Waals surface area contributed by atoms with Gasteiger partial charge in [-0.2, -0.15) is 0 Å². The largest absolute Gasteiger partial charge is 0.393 e. The molecular formula is C13H20N2OS. The Hall–Kier alpha value is -0.450. The van der Waals surface area contributed by atoms with Crippen molar-refractivity contribution in [1.29, 1.82) is 0 Å². The van der Waals surface area contributed by atoms with E-state index in [9.17, 15) is 5.11 Å². The first-order chi connectivity index (χ1) is 8.33. The quantitative estimate of drug-likeness (QED) is 0.845. The van der Waals surface area contributed by atoms with Gasteiger partial charge in [-0.05, 0) is 31.6 Å². The van der Waals surface area contributed by atoms with Gasteiger partial charge in [-0.25, -0.2) is 4.98 Å². The molecule has 0 aromatic carbocycles. The van der Waals surface area contributed by atoms with Crippen molar-refractivity contribution in [2.45, 2.75) is 50.7 Å². The van der Waals surface area contributed by atoms with Gasteiger partial charge in [0.2, 0.25) is 0 Å². The molecule has 0 bridgehead atoms. The van der Waals surface area contributed by atoms with Crippen LogP contribution in [-0.4, -0.2) is 22.7 Å². The van der Waals surface area contributed by atoms with E-state index < -0.39 is 0 Å². The molecule has 0 aliphatic heterocycles. The van der Waals surface area contributed by atoms with Crippen LogP contribution in [0, 0.1) is 5.92 Å². The van der Waals surface area contributed by atoms with Crippen molar-refractivity contribution in [2.24, 2.45) is 5.92 Å². The minimum atomic E-state index is -0.0778. The first kappa shape index (κ1) is 11.6. The molecule has 2 atom stereocenters. The third kappa shape index (κ3) is 2.87. The van der Waals surface area contributed by atoms with Gasteiger partial charge >= 0.3 is 0 Å². The van der Waals surface area contributed by atoms with E-state index in [-0.39, 0.29) is 6.10 Å². The Morgan fingerprint density at radius 2 is 2.24 bits per heavy atom. The van der Waals surface area contributed by atoms with Crippen LogP contribution in [-0.2, 0) is 6.54 Å². The van der Waals surface area contributed by atoms with Crippen molar-refractivity contribution in [3.63, 3.8) is 0 Å². The number of aliphatic hydroxyl groups excluding tert-OH is 1. The Morgan fingerprint density at radius 3 is 2.94 bits per heavy atom. The number of hydrogen-bond donors (Lipinski definition) is 2. The highest BCUT2D eigenvalue weighted by molar-refractivity contribution is 7.11. The number of nitrogens with zero attached hydrogens (tertiary/aromatic N) is 1. The Bertz CT molecular complexity index is 375. The zero-order chi connectivity index (χ0) is 11.7. The van der Waals surface area contributed by atoms with Crippen LogP contribution >= 0.6 is 11.3 Å². The number of aromatic nitrogens is 1. The summed E-state index contributed by atoms with van der Waals surface area (Å²) in [6, 6.07) is 0. The second-order valence-corrected chi connectivity index (χ2v) is 6.48. The lowest BCUT2D eigenvalue weighted by Crippen LogP contribution is -2.27. The Labute approximate surface area is 106 Å². The van der Waals surface area contributed by atoms with E-state index >= 15 is 0 Å². The predicted molar refractivity (Wildman–Crippen MR) is 69.1 cm³/mol. The summed E-state index contributed by atoms with van der Waals surface area (Å²) < 4.78 is 0. The summed E-state index contributed by atoms with van der Waals surface area (Å²) >= 11 is 1.85. The monoisotopic (exact) mass is 252 g/mol. The fraction of sp³-hybridized carbons (Fsp3) is 0.769. The average Bonchev–Trinajstić information content (AvgIpc) is 2.94. The third-order valence-electron chi connectivity index (χ3n) is 3.82. The first-order valence-electron chi connectivity index (χ1n) is 6.66. The zero-order valence-electron chi connectivity index (χ0n) is 10.1. The smallest absolute Gasteiger partial charge is 0.0959 e. The third-order valence-corrected chi connectivity index (χ3v) is 4.98. The number of nitrogens with one attached hydrogen (secondary N) is 1. The Balaban J connectivity index is 1.43. The maximum Gasteiger partial charge on any atom is 0.0959 e. The molecule has 1 aromatic heterocycles. The highest BCUT2D eigenvalue weighted by atomic mass is 32.1. The second-order valence-electron chi connectivity index (χ2n) is 5.33. The van der Waals surface area contributed by atoms with Crippen molar-refractivity contribution in [1.82, 2.24) is 10.3 Å². The molecule has 0 amide bonds. The van der Waals surface area contributed by atoms with Crippen LogP contribution < -0.4 is 5.32 Å². The van der Waals surface area contributed by atoms with Crippen LogP contribution in [0.5, 0.6) is 0 Å². The highest BCUT2D eigenvalue weighted by Crippen LogP contribution is 2.41. The number of rotatable bonds is 5. The van der Waals surface area contributed by atoms with Crippen LogP contribution in [0.3, 0.4) is 0 Å². The molecule has 0 saturated heterocycles. The number of aliphatic hydroxyl groups is 1. The SMILES string of the molecule is OC1CCCC1CNCc1cnc(C2CC2)s1. The molecule has 0 radical (unpaired) electrons. The fourth-order valence-corrected chi connectivity index (χ4v) is 3.62. The lowest BCUT2D eigenvalue weighted by Gasteiger charge is -2.14. The lowest BCUT2D eigenvalue weighted by molar-refractivity contribution is 0.131. The molecule has 2 N–H and O–H groups in total. The molecule has 3 nitrogen and oxygen atoms in total. The van der Waals surface area contributed by atoms with E-state index in [1.165, 1.54) is 35.6 Å². The molecule has 1 aromatic rings. The molecule has 17 heavy (non-hydrogen) atoms. The van der Waals surface area contributed by atoms with Gasteiger partial charge in [0.05, 0.1) is 11.1 Å². The average molecular weight is 252 g/mol. The molecule has 3 rings (SSSR count). The van der Waals surface area contributed by atoms with E-state index in [1.807, 2.05) is 17.5 Å². The van der Waals surface area contributed by atoms with Crippen molar-refractivity contribution in [3.8, 4) is 0 Å². The van der Waals surface area contributed by atoms with E-state index in [4.69, 9.17) is 0 Å². The van der Waals surface area contributed by atoms with Crippen molar-refractivity contribution in [2.75, 3.05) is 6.54 Å². The summed E-state index contributed by atoms with van der Waals surface area (Å²) in [6.07, 6.45) is 7.92. The maximum absolute atomic E-state index is 9.72.